The summed E-state index contributed by atoms with van der Waals surface area (Å²) in [5.41, 5.74) is 1.98. The Hall–Kier alpha value is -2.07. The highest BCUT2D eigenvalue weighted by Crippen LogP contribution is 2.20. The van der Waals surface area contributed by atoms with Gasteiger partial charge in [-0.1, -0.05) is 25.4 Å². The fraction of sp³-hybridized carbons (Fsp3) is 0.250. The van der Waals surface area contributed by atoms with Gasteiger partial charge in [0, 0.05) is 16.9 Å². The summed E-state index contributed by atoms with van der Waals surface area (Å²) in [6.07, 6.45) is 0. The van der Waals surface area contributed by atoms with Gasteiger partial charge in [0.1, 0.15) is 10.9 Å². The second-order valence-corrected chi connectivity index (χ2v) is 5.33. The molecule has 0 aliphatic carbocycles. The van der Waals surface area contributed by atoms with E-state index in [9.17, 15) is 4.79 Å². The molecule has 0 saturated heterocycles. The Balaban J connectivity index is 2.19. The molecule has 4 nitrogen and oxygen atoms in total. The highest BCUT2D eigenvalue weighted by Gasteiger charge is 2.11. The number of nitrogens with zero attached hydrogens (tertiary/aromatic N) is 1. The normalized spacial score (nSPS) is 10.5. The molecule has 1 N–H and O–H groups in total. The van der Waals surface area contributed by atoms with Crippen molar-refractivity contribution in [1.82, 2.24) is 4.98 Å². The van der Waals surface area contributed by atoms with E-state index in [-0.39, 0.29) is 11.8 Å². The van der Waals surface area contributed by atoms with Gasteiger partial charge in [0.15, 0.2) is 0 Å². The number of aromatic nitrogens is 1. The standard InChI is InChI=1S/C16H17ClN2O2/c1-10(2)14-8-11(9-15(17)19-14)16(20)18-12-4-6-13(21-3)7-5-12/h4-10H,1-3H3,(H,18,20). The Morgan fingerprint density at radius 3 is 2.48 bits per heavy atom. The zero-order valence-corrected chi connectivity index (χ0v) is 12.9. The molecule has 2 aromatic rings. The summed E-state index contributed by atoms with van der Waals surface area (Å²) < 4.78 is 5.08. The highest BCUT2D eigenvalue weighted by molar-refractivity contribution is 6.29. The zero-order valence-electron chi connectivity index (χ0n) is 12.2. The predicted octanol–water partition coefficient (Wildman–Crippen LogP) is 4.12. The maximum Gasteiger partial charge on any atom is 0.255 e. The number of amides is 1. The molecular formula is C16H17ClN2O2. The molecule has 0 atom stereocenters. The summed E-state index contributed by atoms with van der Waals surface area (Å²) in [5, 5.41) is 3.14. The summed E-state index contributed by atoms with van der Waals surface area (Å²) in [5.74, 6) is 0.727. The van der Waals surface area contributed by atoms with Crippen molar-refractivity contribution in [1.29, 1.82) is 0 Å². The van der Waals surface area contributed by atoms with Gasteiger partial charge in [0.25, 0.3) is 5.91 Å². The van der Waals surface area contributed by atoms with Crippen LogP contribution in [0.5, 0.6) is 5.75 Å². The lowest BCUT2D eigenvalue weighted by Gasteiger charge is -2.09. The van der Waals surface area contributed by atoms with Crippen LogP contribution in [0.1, 0.15) is 35.8 Å². The van der Waals surface area contributed by atoms with Gasteiger partial charge in [-0.2, -0.15) is 0 Å². The smallest absolute Gasteiger partial charge is 0.255 e. The molecule has 5 heteroatoms. The Labute approximate surface area is 129 Å². The maximum atomic E-state index is 12.3. The number of pyridine rings is 1. The number of anilines is 1. The lowest BCUT2D eigenvalue weighted by molar-refractivity contribution is 0.102. The van der Waals surface area contributed by atoms with Crippen LogP contribution in [0.2, 0.25) is 5.15 Å². The highest BCUT2D eigenvalue weighted by atomic mass is 35.5. The first-order valence-corrected chi connectivity index (χ1v) is 7.00. The summed E-state index contributed by atoms with van der Waals surface area (Å²) in [6.45, 7) is 4.01. The van der Waals surface area contributed by atoms with Crippen molar-refractivity contribution >= 4 is 23.2 Å². The molecule has 0 radical (unpaired) electrons. The number of methoxy groups -OCH3 is 1. The van der Waals surface area contributed by atoms with Gasteiger partial charge in [0.2, 0.25) is 0 Å². The second kappa shape index (κ2) is 6.59. The van der Waals surface area contributed by atoms with Gasteiger partial charge in [0.05, 0.1) is 7.11 Å². The van der Waals surface area contributed by atoms with E-state index in [1.165, 1.54) is 0 Å². The maximum absolute atomic E-state index is 12.3. The first kappa shape index (κ1) is 15.3. The van der Waals surface area contributed by atoms with Crippen molar-refractivity contribution in [3.63, 3.8) is 0 Å². The fourth-order valence-corrected chi connectivity index (χ4v) is 2.04. The summed E-state index contributed by atoms with van der Waals surface area (Å²) in [6, 6.07) is 10.5. The Kier molecular flexibility index (Phi) is 4.81. The first-order valence-electron chi connectivity index (χ1n) is 6.62. The number of hydrogen-bond donors (Lipinski definition) is 1. The molecule has 1 aromatic heterocycles. The van der Waals surface area contributed by atoms with Gasteiger partial charge in [-0.05, 0) is 42.3 Å². The van der Waals surface area contributed by atoms with E-state index in [0.29, 0.717) is 16.4 Å². The van der Waals surface area contributed by atoms with E-state index in [0.717, 1.165) is 11.4 Å². The number of carbonyl (C=O) groups is 1. The third-order valence-electron chi connectivity index (χ3n) is 3.02. The van der Waals surface area contributed by atoms with E-state index in [2.05, 4.69) is 10.3 Å². The molecule has 0 aliphatic rings. The average molecular weight is 305 g/mol. The lowest BCUT2D eigenvalue weighted by atomic mass is 10.1. The number of carbonyl (C=O) groups excluding carboxylic acids is 1. The monoisotopic (exact) mass is 304 g/mol. The van der Waals surface area contributed by atoms with E-state index in [1.807, 2.05) is 13.8 Å². The summed E-state index contributed by atoms with van der Waals surface area (Å²) >= 11 is 5.97. The first-order chi connectivity index (χ1) is 9.99. The fourth-order valence-electron chi connectivity index (χ4n) is 1.82. The predicted molar refractivity (Wildman–Crippen MR) is 84.3 cm³/mol. The molecule has 0 saturated carbocycles. The molecule has 2 rings (SSSR count). The molecule has 0 aliphatic heterocycles. The molecule has 110 valence electrons. The molecule has 0 unspecified atom stereocenters. The van der Waals surface area contributed by atoms with E-state index < -0.39 is 0 Å². The third-order valence-corrected chi connectivity index (χ3v) is 3.21. The lowest BCUT2D eigenvalue weighted by Crippen LogP contribution is -2.13. The van der Waals surface area contributed by atoms with Crippen LogP contribution in [0, 0.1) is 0 Å². The largest absolute Gasteiger partial charge is 0.497 e. The number of benzene rings is 1. The van der Waals surface area contributed by atoms with Gasteiger partial charge in [-0.25, -0.2) is 4.98 Å². The minimum Gasteiger partial charge on any atom is -0.497 e. The van der Waals surface area contributed by atoms with Gasteiger partial charge in [-0.3, -0.25) is 4.79 Å². The molecule has 21 heavy (non-hydrogen) atoms. The van der Waals surface area contributed by atoms with E-state index in [1.54, 1.807) is 43.5 Å². The van der Waals surface area contributed by atoms with Crippen LogP contribution >= 0.6 is 11.6 Å². The van der Waals surface area contributed by atoms with Crippen LogP contribution in [0.25, 0.3) is 0 Å². The van der Waals surface area contributed by atoms with Crippen molar-refractivity contribution < 1.29 is 9.53 Å². The molecule has 0 fully saturated rings. The topological polar surface area (TPSA) is 51.2 Å². The van der Waals surface area contributed by atoms with Crippen LogP contribution in [0.15, 0.2) is 36.4 Å². The summed E-state index contributed by atoms with van der Waals surface area (Å²) in [4.78, 5) is 16.5. The molecule has 1 aromatic carbocycles. The van der Waals surface area contributed by atoms with Crippen LogP contribution < -0.4 is 10.1 Å². The number of halogens is 1. The van der Waals surface area contributed by atoms with Crippen LogP contribution in [-0.4, -0.2) is 18.0 Å². The number of nitrogens with one attached hydrogen (secondary N) is 1. The number of ether oxygens (including phenoxy) is 1. The van der Waals surface area contributed by atoms with Gasteiger partial charge < -0.3 is 10.1 Å². The van der Waals surface area contributed by atoms with Gasteiger partial charge in [-0.15, -0.1) is 0 Å². The molecule has 1 heterocycles. The number of rotatable bonds is 4. The minimum absolute atomic E-state index is 0.205. The Morgan fingerprint density at radius 2 is 1.90 bits per heavy atom. The third kappa shape index (κ3) is 3.95. The van der Waals surface area contributed by atoms with Crippen molar-refractivity contribution in [3.8, 4) is 5.75 Å². The van der Waals surface area contributed by atoms with Crippen LogP contribution in [-0.2, 0) is 0 Å². The van der Waals surface area contributed by atoms with Crippen LogP contribution in [0.3, 0.4) is 0 Å². The molecule has 0 spiro atoms. The molecule has 0 bridgehead atoms. The number of hydrogen-bond acceptors (Lipinski definition) is 3. The molecular weight excluding hydrogens is 288 g/mol. The zero-order chi connectivity index (χ0) is 15.4. The average Bonchev–Trinajstić information content (AvgIpc) is 2.47. The van der Waals surface area contributed by atoms with E-state index in [4.69, 9.17) is 16.3 Å². The second-order valence-electron chi connectivity index (χ2n) is 4.94. The van der Waals surface area contributed by atoms with Crippen LogP contribution in [0.4, 0.5) is 5.69 Å². The van der Waals surface area contributed by atoms with Crippen molar-refractivity contribution in [3.05, 3.63) is 52.8 Å². The Bertz CT molecular complexity index is 639. The van der Waals surface area contributed by atoms with Crippen molar-refractivity contribution in [2.45, 2.75) is 19.8 Å². The van der Waals surface area contributed by atoms with Crippen molar-refractivity contribution in [2.75, 3.05) is 12.4 Å². The quantitative estimate of drug-likeness (QED) is 0.864. The summed E-state index contributed by atoms with van der Waals surface area (Å²) in [7, 11) is 1.60. The Morgan fingerprint density at radius 1 is 1.24 bits per heavy atom. The minimum atomic E-state index is -0.216. The van der Waals surface area contributed by atoms with Gasteiger partial charge >= 0.3 is 0 Å². The SMILES string of the molecule is COc1ccc(NC(=O)c2cc(Cl)nc(C(C)C)c2)cc1. The van der Waals surface area contributed by atoms with Crippen molar-refractivity contribution in [2.24, 2.45) is 0 Å². The van der Waals surface area contributed by atoms with E-state index >= 15 is 0 Å². The molecule has 1 amide bonds.